The Morgan fingerprint density at radius 1 is 1.17 bits per heavy atom. The first-order valence-electron chi connectivity index (χ1n) is 13.5. The molecule has 2 amide bonds. The van der Waals surface area contributed by atoms with Crippen molar-refractivity contribution in [3.05, 3.63) is 45.4 Å². The molecule has 200 valence electrons. The Morgan fingerprint density at radius 3 is 2.58 bits per heavy atom. The first-order valence-corrected chi connectivity index (χ1v) is 13.5. The number of carbonyl (C=O) groups excluding carboxylic acids is 2. The fourth-order valence-corrected chi connectivity index (χ4v) is 5.43. The van der Waals surface area contributed by atoms with Gasteiger partial charge < -0.3 is 24.6 Å². The molecule has 0 spiro atoms. The van der Waals surface area contributed by atoms with Crippen LogP contribution >= 0.6 is 0 Å². The number of aromatic nitrogens is 1. The summed E-state index contributed by atoms with van der Waals surface area (Å²) in [4.78, 5) is 41.4. The second kappa shape index (κ2) is 13.7. The zero-order valence-electron chi connectivity index (χ0n) is 22.1. The summed E-state index contributed by atoms with van der Waals surface area (Å²) in [6.07, 6.45) is 15.0. The molecule has 0 radical (unpaired) electrons. The van der Waals surface area contributed by atoms with E-state index >= 15 is 0 Å². The van der Waals surface area contributed by atoms with Gasteiger partial charge in [-0.15, -0.1) is 0 Å². The summed E-state index contributed by atoms with van der Waals surface area (Å²) in [6, 6.07) is -0.199. The number of nitrogens with one attached hydrogen (secondary N) is 1. The predicted octanol–water partition coefficient (Wildman–Crippen LogP) is 3.52. The Balaban J connectivity index is 1.88. The minimum atomic E-state index is -0.568. The Kier molecular flexibility index (Phi) is 10.7. The van der Waals surface area contributed by atoms with E-state index in [1.54, 1.807) is 19.5 Å². The summed E-state index contributed by atoms with van der Waals surface area (Å²) in [6.45, 7) is 4.62. The average Bonchev–Trinajstić information content (AvgIpc) is 2.88. The van der Waals surface area contributed by atoms with Crippen molar-refractivity contribution >= 4 is 11.8 Å². The molecule has 3 rings (SSSR count). The van der Waals surface area contributed by atoms with Crippen LogP contribution in [0.4, 0.5) is 0 Å². The molecule has 8 heteroatoms. The summed E-state index contributed by atoms with van der Waals surface area (Å²) in [5.74, 6) is -0.682. The van der Waals surface area contributed by atoms with Gasteiger partial charge >= 0.3 is 0 Å². The van der Waals surface area contributed by atoms with Crippen molar-refractivity contribution in [2.24, 2.45) is 5.92 Å². The van der Waals surface area contributed by atoms with Gasteiger partial charge in [0.15, 0.2) is 0 Å². The highest BCUT2D eigenvalue weighted by Crippen LogP contribution is 2.28. The molecule has 0 aliphatic heterocycles. The average molecular weight is 502 g/mol. The second-order valence-corrected chi connectivity index (χ2v) is 10.4. The van der Waals surface area contributed by atoms with Crippen molar-refractivity contribution in [1.82, 2.24) is 14.8 Å². The van der Waals surface area contributed by atoms with Crippen molar-refractivity contribution in [1.29, 1.82) is 0 Å². The lowest BCUT2D eigenvalue weighted by Gasteiger charge is -2.31. The van der Waals surface area contributed by atoms with Crippen molar-refractivity contribution < 1.29 is 19.4 Å². The van der Waals surface area contributed by atoms with Crippen LogP contribution in [0.15, 0.2) is 28.8 Å². The van der Waals surface area contributed by atoms with Gasteiger partial charge in [-0.3, -0.25) is 14.4 Å². The molecular weight excluding hydrogens is 458 g/mol. The highest BCUT2D eigenvalue weighted by Gasteiger charge is 2.28. The fraction of sp³-hybridized carbons (Fsp3) is 0.679. The van der Waals surface area contributed by atoms with E-state index < -0.39 is 17.2 Å². The molecule has 8 nitrogen and oxygen atoms in total. The number of hydrogen-bond acceptors (Lipinski definition) is 5. The van der Waals surface area contributed by atoms with E-state index in [2.05, 4.69) is 11.4 Å². The molecule has 1 aromatic heterocycles. The summed E-state index contributed by atoms with van der Waals surface area (Å²) >= 11 is 0. The van der Waals surface area contributed by atoms with E-state index in [0.717, 1.165) is 44.9 Å². The monoisotopic (exact) mass is 501 g/mol. The lowest BCUT2D eigenvalue weighted by Crippen LogP contribution is -2.42. The third kappa shape index (κ3) is 7.29. The second-order valence-electron chi connectivity index (χ2n) is 10.4. The van der Waals surface area contributed by atoms with Crippen LogP contribution < -0.4 is 10.7 Å². The maximum Gasteiger partial charge on any atom is 0.259 e. The van der Waals surface area contributed by atoms with Gasteiger partial charge in [0, 0.05) is 51.1 Å². The fourth-order valence-electron chi connectivity index (χ4n) is 5.43. The number of nitrogens with zero attached hydrogens (tertiary/aromatic N) is 2. The lowest BCUT2D eigenvalue weighted by atomic mass is 9.86. The van der Waals surface area contributed by atoms with Crippen molar-refractivity contribution in [2.45, 2.75) is 90.3 Å². The number of rotatable bonds is 11. The molecular formula is C28H43N3O5. The van der Waals surface area contributed by atoms with Gasteiger partial charge in [0.2, 0.25) is 5.43 Å². The summed E-state index contributed by atoms with van der Waals surface area (Å²) in [5, 5.41) is 12.4. The van der Waals surface area contributed by atoms with Crippen molar-refractivity contribution in [2.75, 3.05) is 26.8 Å². The number of hydrogen-bond donors (Lipinski definition) is 2. The van der Waals surface area contributed by atoms with Gasteiger partial charge in [-0.1, -0.05) is 24.5 Å². The third-order valence-electron chi connectivity index (χ3n) is 7.48. The smallest absolute Gasteiger partial charge is 0.259 e. The van der Waals surface area contributed by atoms with Gasteiger partial charge in [-0.2, -0.15) is 0 Å². The Bertz CT molecular complexity index is 984. The first kappa shape index (κ1) is 28.1. The van der Waals surface area contributed by atoms with Crippen LogP contribution in [0, 0.1) is 5.92 Å². The Morgan fingerprint density at radius 2 is 1.92 bits per heavy atom. The zero-order chi connectivity index (χ0) is 26.1. The molecule has 0 aromatic carbocycles. The first-order chi connectivity index (χ1) is 17.3. The van der Waals surface area contributed by atoms with Crippen LogP contribution in [0.2, 0.25) is 0 Å². The van der Waals surface area contributed by atoms with Crippen molar-refractivity contribution in [3.8, 4) is 0 Å². The minimum Gasteiger partial charge on any atom is -0.395 e. The Labute approximate surface area is 214 Å². The molecule has 1 heterocycles. The van der Waals surface area contributed by atoms with E-state index in [1.165, 1.54) is 23.3 Å². The largest absolute Gasteiger partial charge is 0.395 e. The molecule has 0 saturated heterocycles. The van der Waals surface area contributed by atoms with Gasteiger partial charge in [-0.25, -0.2) is 0 Å². The van der Waals surface area contributed by atoms with Crippen molar-refractivity contribution in [3.63, 3.8) is 0 Å². The molecule has 1 saturated carbocycles. The maximum atomic E-state index is 13.4. The molecule has 2 unspecified atom stereocenters. The van der Waals surface area contributed by atoms with Crippen LogP contribution in [0.25, 0.3) is 0 Å². The van der Waals surface area contributed by atoms with Gasteiger partial charge in [-0.05, 0) is 58.8 Å². The van der Waals surface area contributed by atoms with Gasteiger partial charge in [0.05, 0.1) is 12.7 Å². The quantitative estimate of drug-likeness (QED) is 0.452. The zero-order valence-corrected chi connectivity index (χ0v) is 22.1. The minimum absolute atomic E-state index is 0.0176. The van der Waals surface area contributed by atoms with Crippen LogP contribution in [0.5, 0.6) is 0 Å². The SMILES string of the molecule is COC1CCCCC1Cn1cc(C(=O)NCCC2=CCCCC2)c(=O)c(C(=O)N(CCO)C(C)C)c1. The number of aliphatic hydroxyl groups is 1. The number of allylic oxidation sites excluding steroid dienone is 1. The number of carbonyl (C=O) groups is 2. The number of aliphatic hydroxyl groups excluding tert-OH is 1. The van der Waals surface area contributed by atoms with E-state index in [9.17, 15) is 19.5 Å². The van der Waals surface area contributed by atoms with Crippen LogP contribution in [0.3, 0.4) is 0 Å². The molecule has 2 atom stereocenters. The molecule has 2 N–H and O–H groups in total. The molecule has 36 heavy (non-hydrogen) atoms. The molecule has 2 aliphatic rings. The standard InChI is InChI=1S/C28H43N3O5/c1-20(2)31(15-16-32)28(35)24-19-30(17-22-11-7-8-12-25(22)36-3)18-23(26(24)33)27(34)29-14-13-21-9-5-4-6-10-21/h9,18-20,22,25,32H,4-8,10-17H2,1-3H3,(H,29,34). The van der Waals surface area contributed by atoms with E-state index in [4.69, 9.17) is 4.74 Å². The summed E-state index contributed by atoms with van der Waals surface area (Å²) < 4.78 is 7.52. The van der Waals surface area contributed by atoms with Crippen LogP contribution in [0.1, 0.15) is 92.4 Å². The van der Waals surface area contributed by atoms with E-state index in [-0.39, 0.29) is 42.3 Å². The highest BCUT2D eigenvalue weighted by atomic mass is 16.5. The summed E-state index contributed by atoms with van der Waals surface area (Å²) in [5.41, 5.74) is 0.726. The van der Waals surface area contributed by atoms with Crippen LogP contribution in [-0.2, 0) is 11.3 Å². The predicted molar refractivity (Wildman–Crippen MR) is 140 cm³/mol. The van der Waals surface area contributed by atoms with E-state index in [1.807, 2.05) is 18.4 Å². The maximum absolute atomic E-state index is 13.4. The Hall–Kier alpha value is -2.45. The molecule has 2 aliphatic carbocycles. The molecule has 1 fully saturated rings. The number of methoxy groups -OCH3 is 1. The van der Waals surface area contributed by atoms with Gasteiger partial charge in [0.1, 0.15) is 11.1 Å². The summed E-state index contributed by atoms with van der Waals surface area (Å²) in [7, 11) is 1.72. The number of ether oxygens (including phenoxy) is 1. The van der Waals surface area contributed by atoms with E-state index in [0.29, 0.717) is 13.1 Å². The lowest BCUT2D eigenvalue weighted by molar-refractivity contribution is 0.0168. The third-order valence-corrected chi connectivity index (χ3v) is 7.48. The van der Waals surface area contributed by atoms with Gasteiger partial charge in [0.25, 0.3) is 11.8 Å². The van der Waals surface area contributed by atoms with Crippen LogP contribution in [-0.4, -0.2) is 65.3 Å². The molecule has 0 bridgehead atoms. The topological polar surface area (TPSA) is 101 Å². The normalized spacial score (nSPS) is 20.2. The molecule has 1 aromatic rings. The number of pyridine rings is 1. The highest BCUT2D eigenvalue weighted by molar-refractivity contribution is 5.99. The number of amides is 2.